The predicted octanol–water partition coefficient (Wildman–Crippen LogP) is 4.14. The van der Waals surface area contributed by atoms with Gasteiger partial charge in [0.1, 0.15) is 0 Å². The van der Waals surface area contributed by atoms with Crippen LogP contribution in [0.25, 0.3) is 0 Å². The topological polar surface area (TPSA) is 15.3 Å². The zero-order valence-electron chi connectivity index (χ0n) is 12.0. The monoisotopic (exact) mass is 284 g/mol. The molecule has 1 atom stereocenters. The summed E-state index contributed by atoms with van der Waals surface area (Å²) >= 11 is 1.87. The van der Waals surface area contributed by atoms with Crippen molar-refractivity contribution in [2.45, 2.75) is 16.7 Å². The number of anilines is 2. The Balaban J connectivity index is 1.99. The summed E-state index contributed by atoms with van der Waals surface area (Å²) in [6.45, 7) is 4.37. The van der Waals surface area contributed by atoms with Crippen molar-refractivity contribution in [2.24, 2.45) is 5.92 Å². The molecule has 0 saturated heterocycles. The summed E-state index contributed by atoms with van der Waals surface area (Å²) in [7, 11) is 2.02. The quantitative estimate of drug-likeness (QED) is 0.908. The standard InChI is InChI=1S/C17H20N2S/c1-13(11-18-2)12-19-14-7-3-5-9-16(14)20-17-10-6-4-8-15(17)19/h3-10,13,18H,11-12H2,1-2H3/t13-/m0/s1. The smallest absolute Gasteiger partial charge is 0.0552 e. The third kappa shape index (κ3) is 2.56. The highest BCUT2D eigenvalue weighted by Crippen LogP contribution is 2.47. The van der Waals surface area contributed by atoms with Crippen molar-refractivity contribution < 1.29 is 0 Å². The minimum atomic E-state index is 0.601. The first-order chi connectivity index (χ1) is 9.79. The van der Waals surface area contributed by atoms with Gasteiger partial charge in [-0.1, -0.05) is 43.0 Å². The molecule has 3 rings (SSSR count). The largest absolute Gasteiger partial charge is 0.339 e. The average Bonchev–Trinajstić information content (AvgIpc) is 2.47. The van der Waals surface area contributed by atoms with Gasteiger partial charge in [-0.25, -0.2) is 0 Å². The molecule has 0 amide bonds. The first kappa shape index (κ1) is 13.5. The molecular formula is C17H20N2S. The van der Waals surface area contributed by atoms with Crippen LogP contribution in [0.3, 0.4) is 0 Å². The fraction of sp³-hybridized carbons (Fsp3) is 0.294. The Hall–Kier alpha value is -1.45. The molecule has 0 fully saturated rings. The molecule has 1 aliphatic heterocycles. The van der Waals surface area contributed by atoms with Gasteiger partial charge in [-0.2, -0.15) is 0 Å². The van der Waals surface area contributed by atoms with E-state index in [1.807, 2.05) is 18.8 Å². The molecule has 1 aliphatic rings. The second-order valence-corrected chi connectivity index (χ2v) is 6.39. The summed E-state index contributed by atoms with van der Waals surface area (Å²) in [5, 5.41) is 3.27. The average molecular weight is 284 g/mol. The van der Waals surface area contributed by atoms with Crippen LogP contribution in [-0.4, -0.2) is 20.1 Å². The number of hydrogen-bond donors (Lipinski definition) is 1. The molecule has 1 N–H and O–H groups in total. The molecule has 20 heavy (non-hydrogen) atoms. The van der Waals surface area contributed by atoms with E-state index in [1.54, 1.807) is 0 Å². The van der Waals surface area contributed by atoms with Crippen molar-refractivity contribution >= 4 is 23.1 Å². The van der Waals surface area contributed by atoms with Crippen molar-refractivity contribution in [2.75, 3.05) is 25.0 Å². The van der Waals surface area contributed by atoms with Gasteiger partial charge >= 0.3 is 0 Å². The number of benzene rings is 2. The van der Waals surface area contributed by atoms with E-state index in [0.717, 1.165) is 13.1 Å². The predicted molar refractivity (Wildman–Crippen MR) is 87.1 cm³/mol. The maximum absolute atomic E-state index is 3.27. The lowest BCUT2D eigenvalue weighted by Gasteiger charge is -2.34. The maximum Gasteiger partial charge on any atom is 0.0552 e. The highest BCUT2D eigenvalue weighted by Gasteiger charge is 2.23. The van der Waals surface area contributed by atoms with Crippen LogP contribution in [0.1, 0.15) is 6.92 Å². The van der Waals surface area contributed by atoms with Crippen LogP contribution in [-0.2, 0) is 0 Å². The molecule has 3 heteroatoms. The molecule has 2 nitrogen and oxygen atoms in total. The van der Waals surface area contributed by atoms with E-state index in [-0.39, 0.29) is 0 Å². The number of fused-ring (bicyclic) bond motifs is 2. The Kier molecular flexibility index (Phi) is 3.99. The van der Waals surface area contributed by atoms with Crippen molar-refractivity contribution in [1.29, 1.82) is 0 Å². The third-order valence-corrected chi connectivity index (χ3v) is 4.71. The molecule has 0 radical (unpaired) electrons. The lowest BCUT2D eigenvalue weighted by molar-refractivity contribution is 0.547. The van der Waals surface area contributed by atoms with Gasteiger partial charge in [0, 0.05) is 16.3 Å². The van der Waals surface area contributed by atoms with Gasteiger partial charge in [0.15, 0.2) is 0 Å². The lowest BCUT2D eigenvalue weighted by Crippen LogP contribution is -2.30. The number of rotatable bonds is 4. The van der Waals surface area contributed by atoms with Gasteiger partial charge in [0.05, 0.1) is 11.4 Å². The van der Waals surface area contributed by atoms with Gasteiger partial charge < -0.3 is 10.2 Å². The van der Waals surface area contributed by atoms with Gasteiger partial charge in [-0.05, 0) is 43.8 Å². The molecule has 0 unspecified atom stereocenters. The molecule has 2 aromatic carbocycles. The number of nitrogens with one attached hydrogen (secondary N) is 1. The van der Waals surface area contributed by atoms with Crippen LogP contribution in [0.2, 0.25) is 0 Å². The van der Waals surface area contributed by atoms with Gasteiger partial charge in [0.25, 0.3) is 0 Å². The third-order valence-electron chi connectivity index (χ3n) is 3.58. The van der Waals surface area contributed by atoms with Gasteiger partial charge in [-0.15, -0.1) is 0 Å². The Morgan fingerprint density at radius 1 is 1.00 bits per heavy atom. The fourth-order valence-corrected chi connectivity index (χ4v) is 3.80. The van der Waals surface area contributed by atoms with Gasteiger partial charge in [-0.3, -0.25) is 0 Å². The molecule has 0 aliphatic carbocycles. The molecule has 0 aromatic heterocycles. The summed E-state index contributed by atoms with van der Waals surface area (Å²) in [5.41, 5.74) is 2.67. The zero-order valence-corrected chi connectivity index (χ0v) is 12.8. The minimum Gasteiger partial charge on any atom is -0.339 e. The van der Waals surface area contributed by atoms with E-state index in [1.165, 1.54) is 21.2 Å². The van der Waals surface area contributed by atoms with Crippen molar-refractivity contribution in [3.05, 3.63) is 48.5 Å². The summed E-state index contributed by atoms with van der Waals surface area (Å²) in [5.74, 6) is 0.601. The summed E-state index contributed by atoms with van der Waals surface area (Å²) in [4.78, 5) is 5.16. The SMILES string of the molecule is CNC[C@H](C)CN1c2ccccc2Sc2ccccc21. The molecule has 104 valence electrons. The van der Waals surface area contributed by atoms with E-state index < -0.39 is 0 Å². The first-order valence-electron chi connectivity index (χ1n) is 7.07. The van der Waals surface area contributed by atoms with Crippen LogP contribution in [0.5, 0.6) is 0 Å². The normalized spacial score (nSPS) is 14.6. The summed E-state index contributed by atoms with van der Waals surface area (Å²) in [6.07, 6.45) is 0. The highest BCUT2D eigenvalue weighted by atomic mass is 32.2. The van der Waals surface area contributed by atoms with E-state index in [2.05, 4.69) is 65.7 Å². The second kappa shape index (κ2) is 5.90. The lowest BCUT2D eigenvalue weighted by atomic mass is 10.1. The summed E-state index contributed by atoms with van der Waals surface area (Å²) in [6, 6.07) is 17.4. The maximum atomic E-state index is 3.27. The van der Waals surface area contributed by atoms with Crippen molar-refractivity contribution in [3.63, 3.8) is 0 Å². The number of nitrogens with zero attached hydrogens (tertiary/aromatic N) is 1. The summed E-state index contributed by atoms with van der Waals surface area (Å²) < 4.78 is 0. The highest BCUT2D eigenvalue weighted by molar-refractivity contribution is 7.99. The Morgan fingerprint density at radius 3 is 2.10 bits per heavy atom. The molecule has 1 heterocycles. The minimum absolute atomic E-state index is 0.601. The Bertz CT molecular complexity index is 552. The van der Waals surface area contributed by atoms with Gasteiger partial charge in [0.2, 0.25) is 0 Å². The van der Waals surface area contributed by atoms with Crippen molar-refractivity contribution in [3.8, 4) is 0 Å². The van der Waals surface area contributed by atoms with E-state index in [0.29, 0.717) is 5.92 Å². The second-order valence-electron chi connectivity index (χ2n) is 5.31. The number of hydrogen-bond acceptors (Lipinski definition) is 3. The zero-order chi connectivity index (χ0) is 13.9. The molecule has 2 aromatic rings. The van der Waals surface area contributed by atoms with E-state index in [9.17, 15) is 0 Å². The van der Waals surface area contributed by atoms with Crippen LogP contribution < -0.4 is 10.2 Å². The Morgan fingerprint density at radius 2 is 1.55 bits per heavy atom. The Labute approximate surface area is 125 Å². The fourth-order valence-electron chi connectivity index (χ4n) is 2.70. The first-order valence-corrected chi connectivity index (χ1v) is 7.89. The van der Waals surface area contributed by atoms with E-state index >= 15 is 0 Å². The molecule has 0 bridgehead atoms. The molecular weight excluding hydrogens is 264 g/mol. The molecule has 0 saturated carbocycles. The van der Waals surface area contributed by atoms with Crippen LogP contribution in [0, 0.1) is 5.92 Å². The number of para-hydroxylation sites is 2. The van der Waals surface area contributed by atoms with Crippen LogP contribution >= 0.6 is 11.8 Å². The molecule has 0 spiro atoms. The van der Waals surface area contributed by atoms with E-state index in [4.69, 9.17) is 0 Å². The van der Waals surface area contributed by atoms with Crippen LogP contribution in [0.4, 0.5) is 11.4 Å². The van der Waals surface area contributed by atoms with Crippen molar-refractivity contribution in [1.82, 2.24) is 5.32 Å². The van der Waals surface area contributed by atoms with Crippen LogP contribution in [0.15, 0.2) is 58.3 Å².